The summed E-state index contributed by atoms with van der Waals surface area (Å²) in [5, 5.41) is 63.4. The Morgan fingerprint density at radius 2 is 1.46 bits per heavy atom. The first kappa shape index (κ1) is 81.1. The van der Waals surface area contributed by atoms with Gasteiger partial charge >= 0.3 is 18.2 Å². The molecule has 4 rings (SSSR count). The topological polar surface area (TPSA) is 398 Å². The fourth-order valence-electron chi connectivity index (χ4n) is 11.5. The van der Waals surface area contributed by atoms with Crippen LogP contribution in [0.2, 0.25) is 0 Å². The quantitative estimate of drug-likeness (QED) is 0.0346. The Hall–Kier alpha value is -7.29. The van der Waals surface area contributed by atoms with Crippen LogP contribution in [0.25, 0.3) is 0 Å². The summed E-state index contributed by atoms with van der Waals surface area (Å²) < 4.78 is 39.4. The van der Waals surface area contributed by atoms with Crippen LogP contribution in [0, 0.1) is 23.7 Å². The number of aliphatic hydroxyl groups is 4. The molecule has 0 radical (unpaired) electrons. The van der Waals surface area contributed by atoms with Crippen molar-refractivity contribution in [3.8, 4) is 5.75 Å². The maximum absolute atomic E-state index is 14.9. The Balaban J connectivity index is 1.46. The number of aliphatic hydroxyl groups excluding tert-OH is 4. The first-order valence-corrected chi connectivity index (χ1v) is 32.5. The van der Waals surface area contributed by atoms with Gasteiger partial charge in [-0.2, -0.15) is 5.48 Å². The molecule has 0 spiro atoms. The predicted molar refractivity (Wildman–Crippen MR) is 347 cm³/mol. The number of aliphatic carboxylic acids is 1. The minimum absolute atomic E-state index is 0.00176. The number of nitrogens with one attached hydrogen (secondary N) is 5. The number of carbonyl (C=O) groups excluding carboxylic acids is 8. The number of likely N-dealkylation sites (N-methyl/N-ethyl adjacent to an activating group) is 2. The van der Waals surface area contributed by atoms with Crippen LogP contribution in [0.5, 0.6) is 5.75 Å². The number of carbonyl (C=O) groups is 9. The van der Waals surface area contributed by atoms with Gasteiger partial charge in [0.15, 0.2) is 6.10 Å². The molecule has 96 heavy (non-hydrogen) atoms. The Kier molecular flexibility index (Phi) is 32.6. The molecule has 10 N–H and O–H groups in total. The van der Waals surface area contributed by atoms with Gasteiger partial charge in [-0.05, 0) is 82.1 Å². The molecule has 0 bridgehead atoms. The number of amides is 8. The van der Waals surface area contributed by atoms with Crippen LogP contribution in [-0.4, -0.2) is 234 Å². The number of benzene rings is 2. The van der Waals surface area contributed by atoms with Crippen molar-refractivity contribution >= 4 is 59.3 Å². The van der Waals surface area contributed by atoms with E-state index in [1.54, 1.807) is 98.5 Å². The number of ether oxygens (including phenoxy) is 7. The number of rotatable bonds is 36. The second-order valence-electron chi connectivity index (χ2n) is 26.0. The standard InChI is InChI=1S/C66H104N8O22/c1-16-38(6)52(46(89-14)34-49(77)74-29-20-23-44(74)57(90-15)39(7)59(82)68-40(8)53(78)41-21-18-17-19-22-41)72(12)61(84)50(36(2)3)70-60(83)51(37(4)5)73(13)65(88)92-35-42-33-43(24-25-45(42)94-63-56(81)54(79)55(80)58(95-63)62(85)86)69-48(76)27-26-47(75)67-28-30-91-31-32-93-71-64(87)96-66(9,10)11/h17-19,21-22,24-25,33,36-40,44,46,50-58,63,78-81H,16,20,23,26-32,34-35H2,1-15H3,(H,67,75)(H,68,82)(H,69,76)(H,70,83)(H,71,87)(H,85,86)/t38-,39+,40+,44-,46+,50-,51-,52-,53+,54?,55-,56?,57+,58?,63+/m0/s1. The molecule has 2 saturated heterocycles. The molecule has 2 heterocycles. The van der Waals surface area contributed by atoms with Gasteiger partial charge in [0.2, 0.25) is 41.7 Å². The number of carboxylic acids is 1. The van der Waals surface area contributed by atoms with E-state index in [9.17, 15) is 68.7 Å². The van der Waals surface area contributed by atoms with Crippen molar-refractivity contribution in [2.24, 2.45) is 23.7 Å². The summed E-state index contributed by atoms with van der Waals surface area (Å²) in [6.45, 7) is 19.2. The molecule has 8 amide bonds. The lowest BCUT2D eigenvalue weighted by Gasteiger charge is -2.41. The first-order valence-electron chi connectivity index (χ1n) is 32.5. The monoisotopic (exact) mass is 1360 g/mol. The van der Waals surface area contributed by atoms with E-state index in [-0.39, 0.29) is 80.4 Å². The van der Waals surface area contributed by atoms with Crippen LogP contribution >= 0.6 is 0 Å². The zero-order valence-electron chi connectivity index (χ0n) is 57.9. The van der Waals surface area contributed by atoms with Gasteiger partial charge in [-0.3, -0.25) is 38.5 Å². The smallest absolute Gasteiger partial charge is 0.431 e. The van der Waals surface area contributed by atoms with Gasteiger partial charge in [-0.15, -0.1) is 0 Å². The van der Waals surface area contributed by atoms with Gasteiger partial charge in [-0.25, -0.2) is 14.4 Å². The number of methoxy groups -OCH3 is 2. The molecule has 540 valence electrons. The van der Waals surface area contributed by atoms with E-state index in [1.807, 2.05) is 19.9 Å². The van der Waals surface area contributed by atoms with Crippen LogP contribution in [0.3, 0.4) is 0 Å². The number of hydrogen-bond donors (Lipinski definition) is 10. The molecule has 2 aliphatic rings. The lowest BCUT2D eigenvalue weighted by Crippen LogP contribution is -2.61. The van der Waals surface area contributed by atoms with E-state index in [0.29, 0.717) is 31.4 Å². The van der Waals surface area contributed by atoms with E-state index in [0.717, 1.165) is 4.90 Å². The summed E-state index contributed by atoms with van der Waals surface area (Å²) in [4.78, 5) is 131. The second-order valence-corrected chi connectivity index (χ2v) is 26.0. The fourth-order valence-corrected chi connectivity index (χ4v) is 11.5. The van der Waals surface area contributed by atoms with Crippen LogP contribution in [0.15, 0.2) is 48.5 Å². The lowest BCUT2D eigenvalue weighted by atomic mass is 9.89. The molecule has 0 aliphatic carbocycles. The Bertz CT molecular complexity index is 2860. The summed E-state index contributed by atoms with van der Waals surface area (Å²) in [7, 11) is 5.85. The molecule has 2 aliphatic heterocycles. The third kappa shape index (κ3) is 23.8. The number of nitrogens with zero attached hydrogens (tertiary/aromatic N) is 3. The highest BCUT2D eigenvalue weighted by molar-refractivity contribution is 5.94. The minimum Gasteiger partial charge on any atom is -0.479 e. The number of hydroxylamine groups is 1. The SMILES string of the molecule is CC[C@H](C)[C@@H]([C@@H](CC(=O)N1CCC[C@H]1[C@H](OC)[C@@H](C)C(=O)N[C@H](C)[C@@H](O)c1ccccc1)OC)N(C)C(=O)[C@@H](NC(=O)[C@H](C(C)C)N(C)C(=O)OCc1cc(NC(=O)CCC(=O)NCCOCCONC(=O)OC(C)(C)C)ccc1O[C@@H]1OC(C(=O)O)[C@@H](O)C(O)C1O)C(C)C. The number of likely N-dealkylation sites (tertiary alicyclic amines) is 1. The maximum atomic E-state index is 14.9. The van der Waals surface area contributed by atoms with Crippen molar-refractivity contribution in [2.75, 3.05) is 66.5 Å². The van der Waals surface area contributed by atoms with Gasteiger partial charge in [0.1, 0.15) is 48.4 Å². The summed E-state index contributed by atoms with van der Waals surface area (Å²) in [5.41, 5.74) is 2.14. The maximum Gasteiger partial charge on any atom is 0.431 e. The van der Waals surface area contributed by atoms with E-state index in [1.165, 1.54) is 44.4 Å². The van der Waals surface area contributed by atoms with Crippen molar-refractivity contribution in [1.29, 1.82) is 0 Å². The van der Waals surface area contributed by atoms with Gasteiger partial charge in [-0.1, -0.05) is 85.2 Å². The lowest BCUT2D eigenvalue weighted by molar-refractivity contribution is -0.271. The highest BCUT2D eigenvalue weighted by Gasteiger charge is 2.49. The summed E-state index contributed by atoms with van der Waals surface area (Å²) >= 11 is 0. The van der Waals surface area contributed by atoms with Crippen molar-refractivity contribution in [1.82, 2.24) is 36.1 Å². The zero-order valence-corrected chi connectivity index (χ0v) is 57.9. The molecule has 30 heteroatoms. The van der Waals surface area contributed by atoms with Crippen LogP contribution in [0.4, 0.5) is 15.3 Å². The van der Waals surface area contributed by atoms with Gasteiger partial charge < -0.3 is 89.8 Å². The Morgan fingerprint density at radius 1 is 0.792 bits per heavy atom. The average Bonchev–Trinajstić information content (AvgIpc) is 0.990. The number of carboxylic acid groups (broad SMARTS) is 1. The van der Waals surface area contributed by atoms with Gasteiger partial charge in [0.25, 0.3) is 0 Å². The summed E-state index contributed by atoms with van der Waals surface area (Å²) in [6.07, 6.45) is -13.2. The van der Waals surface area contributed by atoms with Crippen molar-refractivity contribution in [3.63, 3.8) is 0 Å². The van der Waals surface area contributed by atoms with Gasteiger partial charge in [0.05, 0.1) is 68.6 Å². The van der Waals surface area contributed by atoms with Crippen LogP contribution in [-0.2, 0) is 73.4 Å². The molecule has 15 atom stereocenters. The van der Waals surface area contributed by atoms with E-state index < -0.39 is 151 Å². The third-order valence-electron chi connectivity index (χ3n) is 16.9. The zero-order chi connectivity index (χ0) is 71.9. The summed E-state index contributed by atoms with van der Waals surface area (Å²) in [5.74, 6) is -6.89. The summed E-state index contributed by atoms with van der Waals surface area (Å²) in [6, 6.07) is 8.66. The molecule has 30 nitrogen and oxygen atoms in total. The molecule has 2 aromatic carbocycles. The first-order chi connectivity index (χ1) is 45.2. The number of hydrogen-bond acceptors (Lipinski definition) is 21. The normalized spacial score (nSPS) is 20.8. The highest BCUT2D eigenvalue weighted by atomic mass is 16.7. The molecular formula is C66H104N8O22. The van der Waals surface area contributed by atoms with E-state index in [2.05, 4.69) is 26.7 Å². The average molecular weight is 1360 g/mol. The molecule has 0 aromatic heterocycles. The second kappa shape index (κ2) is 38.6. The molecule has 3 unspecified atom stereocenters. The highest BCUT2D eigenvalue weighted by Crippen LogP contribution is 2.33. The van der Waals surface area contributed by atoms with Crippen molar-refractivity contribution < 1.29 is 107 Å². The van der Waals surface area contributed by atoms with Crippen LogP contribution < -0.4 is 31.5 Å². The number of anilines is 1. The Morgan fingerprint density at radius 3 is 2.06 bits per heavy atom. The fraction of sp³-hybridized carbons (Fsp3) is 0.682. The van der Waals surface area contributed by atoms with E-state index >= 15 is 0 Å². The third-order valence-corrected chi connectivity index (χ3v) is 16.9. The Labute approximate surface area is 561 Å². The molecule has 0 saturated carbocycles. The van der Waals surface area contributed by atoms with Crippen LogP contribution in [0.1, 0.15) is 132 Å². The van der Waals surface area contributed by atoms with E-state index in [4.69, 9.17) is 38.0 Å². The van der Waals surface area contributed by atoms with Gasteiger partial charge in [0, 0.05) is 65.5 Å². The molecule has 2 aromatic rings. The minimum atomic E-state index is -2.04. The molecular weight excluding hydrogens is 1260 g/mol. The predicted octanol–water partition coefficient (Wildman–Crippen LogP) is 3.16. The molecule has 2 fully saturated rings. The van der Waals surface area contributed by atoms with Crippen molar-refractivity contribution in [2.45, 2.75) is 206 Å². The van der Waals surface area contributed by atoms with Crippen molar-refractivity contribution in [3.05, 3.63) is 59.7 Å². The largest absolute Gasteiger partial charge is 0.479 e.